The molecular weight excluding hydrogens is 254 g/mol. The third-order valence-electron chi connectivity index (χ3n) is 3.75. The Morgan fingerprint density at radius 3 is 2.70 bits per heavy atom. The van der Waals surface area contributed by atoms with Gasteiger partial charge in [-0.3, -0.25) is 9.78 Å². The Kier molecular flexibility index (Phi) is 4.73. The zero-order chi connectivity index (χ0) is 14.6. The monoisotopic (exact) mass is 277 g/mol. The Labute approximate surface area is 120 Å². The largest absolute Gasteiger partial charge is 0.381 e. The van der Waals surface area contributed by atoms with E-state index in [2.05, 4.69) is 4.98 Å². The summed E-state index contributed by atoms with van der Waals surface area (Å²) in [5, 5.41) is 0. The standard InChI is InChI=1S/C15H23N3O2/c1-12(2)18(11-13-5-3-4-8-17-13)14(19)15(16)6-9-20-10-7-15/h3-5,8,12H,6-7,9-11,16H2,1-2H3. The molecule has 0 atom stereocenters. The quantitative estimate of drug-likeness (QED) is 0.901. The van der Waals surface area contributed by atoms with Crippen molar-refractivity contribution in [2.45, 2.75) is 44.8 Å². The molecule has 5 nitrogen and oxygen atoms in total. The van der Waals surface area contributed by atoms with E-state index in [9.17, 15) is 4.79 Å². The third-order valence-corrected chi connectivity index (χ3v) is 3.75. The second kappa shape index (κ2) is 6.33. The number of rotatable bonds is 4. The molecule has 2 N–H and O–H groups in total. The van der Waals surface area contributed by atoms with Crippen LogP contribution in [-0.4, -0.2) is 40.6 Å². The first-order valence-electron chi connectivity index (χ1n) is 7.10. The van der Waals surface area contributed by atoms with Gasteiger partial charge in [0.1, 0.15) is 0 Å². The van der Waals surface area contributed by atoms with Gasteiger partial charge in [0.05, 0.1) is 17.8 Å². The summed E-state index contributed by atoms with van der Waals surface area (Å²) in [6, 6.07) is 5.81. The topological polar surface area (TPSA) is 68.5 Å². The zero-order valence-corrected chi connectivity index (χ0v) is 12.2. The molecule has 0 aliphatic carbocycles. The first kappa shape index (κ1) is 14.9. The van der Waals surface area contributed by atoms with E-state index in [1.165, 1.54) is 0 Å². The van der Waals surface area contributed by atoms with E-state index in [1.807, 2.05) is 36.9 Å². The van der Waals surface area contributed by atoms with Crippen molar-refractivity contribution in [2.75, 3.05) is 13.2 Å². The normalized spacial score (nSPS) is 18.0. The molecule has 0 aromatic carbocycles. The van der Waals surface area contributed by atoms with Crippen LogP contribution >= 0.6 is 0 Å². The first-order chi connectivity index (χ1) is 9.53. The molecule has 0 saturated carbocycles. The maximum Gasteiger partial charge on any atom is 0.243 e. The van der Waals surface area contributed by atoms with E-state index in [4.69, 9.17) is 10.5 Å². The predicted octanol–water partition coefficient (Wildman–Crippen LogP) is 1.33. The summed E-state index contributed by atoms with van der Waals surface area (Å²) in [5.41, 5.74) is 6.39. The molecule has 1 aliphatic heterocycles. The van der Waals surface area contributed by atoms with Crippen LogP contribution in [0.4, 0.5) is 0 Å². The van der Waals surface area contributed by atoms with Gasteiger partial charge < -0.3 is 15.4 Å². The summed E-state index contributed by atoms with van der Waals surface area (Å²) in [6.07, 6.45) is 2.90. The highest BCUT2D eigenvalue weighted by Gasteiger charge is 2.39. The van der Waals surface area contributed by atoms with Gasteiger partial charge in [-0.1, -0.05) is 6.07 Å². The van der Waals surface area contributed by atoms with Crippen LogP contribution in [0.25, 0.3) is 0 Å². The summed E-state index contributed by atoms with van der Waals surface area (Å²) in [7, 11) is 0. The van der Waals surface area contributed by atoms with E-state index in [0.29, 0.717) is 32.6 Å². The molecule has 2 rings (SSSR count). The number of aromatic nitrogens is 1. The second-order valence-electron chi connectivity index (χ2n) is 5.62. The molecule has 1 aromatic heterocycles. The molecule has 0 bridgehead atoms. The van der Waals surface area contributed by atoms with Gasteiger partial charge in [0.25, 0.3) is 0 Å². The van der Waals surface area contributed by atoms with Crippen molar-refractivity contribution in [1.29, 1.82) is 0 Å². The molecule has 0 spiro atoms. The van der Waals surface area contributed by atoms with Crippen molar-refractivity contribution in [2.24, 2.45) is 5.73 Å². The molecule has 1 aliphatic rings. The van der Waals surface area contributed by atoms with E-state index in [0.717, 1.165) is 5.69 Å². The van der Waals surface area contributed by atoms with Gasteiger partial charge in [0, 0.05) is 25.5 Å². The second-order valence-corrected chi connectivity index (χ2v) is 5.62. The van der Waals surface area contributed by atoms with Crippen molar-refractivity contribution in [3.8, 4) is 0 Å². The van der Waals surface area contributed by atoms with Gasteiger partial charge in [-0.05, 0) is 38.8 Å². The number of nitrogens with zero attached hydrogens (tertiary/aromatic N) is 2. The average molecular weight is 277 g/mol. The minimum atomic E-state index is -0.794. The highest BCUT2D eigenvalue weighted by Crippen LogP contribution is 2.22. The molecule has 2 heterocycles. The van der Waals surface area contributed by atoms with Crippen molar-refractivity contribution in [3.05, 3.63) is 30.1 Å². The fourth-order valence-corrected chi connectivity index (χ4v) is 2.39. The van der Waals surface area contributed by atoms with Gasteiger partial charge in [0.2, 0.25) is 5.91 Å². The van der Waals surface area contributed by atoms with Crippen LogP contribution in [0.3, 0.4) is 0 Å². The Hall–Kier alpha value is -1.46. The van der Waals surface area contributed by atoms with Crippen LogP contribution in [0.2, 0.25) is 0 Å². The van der Waals surface area contributed by atoms with Crippen LogP contribution in [0.5, 0.6) is 0 Å². The molecule has 1 saturated heterocycles. The summed E-state index contributed by atoms with van der Waals surface area (Å²) >= 11 is 0. The van der Waals surface area contributed by atoms with Gasteiger partial charge in [-0.15, -0.1) is 0 Å². The lowest BCUT2D eigenvalue weighted by atomic mass is 9.89. The molecule has 110 valence electrons. The van der Waals surface area contributed by atoms with Gasteiger partial charge in [-0.25, -0.2) is 0 Å². The fraction of sp³-hybridized carbons (Fsp3) is 0.600. The van der Waals surface area contributed by atoms with E-state index < -0.39 is 5.54 Å². The maximum absolute atomic E-state index is 12.8. The molecule has 1 fully saturated rings. The van der Waals surface area contributed by atoms with Crippen molar-refractivity contribution in [3.63, 3.8) is 0 Å². The summed E-state index contributed by atoms with van der Waals surface area (Å²) in [5.74, 6) is 0.00135. The lowest BCUT2D eigenvalue weighted by Crippen LogP contribution is -2.59. The highest BCUT2D eigenvalue weighted by molar-refractivity contribution is 5.86. The minimum absolute atomic E-state index is 0.00135. The molecule has 0 unspecified atom stereocenters. The fourth-order valence-electron chi connectivity index (χ4n) is 2.39. The number of carbonyl (C=O) groups excluding carboxylic acids is 1. The molecule has 20 heavy (non-hydrogen) atoms. The van der Waals surface area contributed by atoms with E-state index in [-0.39, 0.29) is 11.9 Å². The number of nitrogens with two attached hydrogens (primary N) is 1. The Morgan fingerprint density at radius 2 is 2.15 bits per heavy atom. The Balaban J connectivity index is 2.13. The number of carbonyl (C=O) groups is 1. The molecular formula is C15H23N3O2. The number of hydrogen-bond donors (Lipinski definition) is 1. The minimum Gasteiger partial charge on any atom is -0.381 e. The van der Waals surface area contributed by atoms with Crippen LogP contribution in [-0.2, 0) is 16.1 Å². The Morgan fingerprint density at radius 1 is 1.45 bits per heavy atom. The van der Waals surface area contributed by atoms with Crippen LogP contribution in [0.15, 0.2) is 24.4 Å². The Bertz CT molecular complexity index is 442. The lowest BCUT2D eigenvalue weighted by molar-refractivity contribution is -0.143. The first-order valence-corrected chi connectivity index (χ1v) is 7.10. The summed E-state index contributed by atoms with van der Waals surface area (Å²) in [4.78, 5) is 18.9. The molecule has 1 amide bonds. The number of pyridine rings is 1. The van der Waals surface area contributed by atoms with Crippen LogP contribution in [0, 0.1) is 0 Å². The van der Waals surface area contributed by atoms with Crippen molar-refractivity contribution < 1.29 is 9.53 Å². The van der Waals surface area contributed by atoms with E-state index in [1.54, 1.807) is 6.20 Å². The molecule has 5 heteroatoms. The number of ether oxygens (including phenoxy) is 1. The van der Waals surface area contributed by atoms with Crippen molar-refractivity contribution in [1.82, 2.24) is 9.88 Å². The smallest absolute Gasteiger partial charge is 0.243 e. The van der Waals surface area contributed by atoms with Crippen molar-refractivity contribution >= 4 is 5.91 Å². The number of amides is 1. The summed E-state index contributed by atoms with van der Waals surface area (Å²) < 4.78 is 5.31. The van der Waals surface area contributed by atoms with Crippen LogP contribution in [0.1, 0.15) is 32.4 Å². The lowest BCUT2D eigenvalue weighted by Gasteiger charge is -2.38. The summed E-state index contributed by atoms with van der Waals surface area (Å²) in [6.45, 7) is 5.61. The maximum atomic E-state index is 12.8. The van der Waals surface area contributed by atoms with Gasteiger partial charge >= 0.3 is 0 Å². The molecule has 1 aromatic rings. The number of hydrogen-bond acceptors (Lipinski definition) is 4. The third kappa shape index (κ3) is 3.35. The van der Waals surface area contributed by atoms with Crippen LogP contribution < -0.4 is 5.73 Å². The predicted molar refractivity (Wildman–Crippen MR) is 76.9 cm³/mol. The molecule has 0 radical (unpaired) electrons. The van der Waals surface area contributed by atoms with Gasteiger partial charge in [0.15, 0.2) is 0 Å². The zero-order valence-electron chi connectivity index (χ0n) is 12.2. The highest BCUT2D eigenvalue weighted by atomic mass is 16.5. The SMILES string of the molecule is CC(C)N(Cc1ccccn1)C(=O)C1(N)CCOCC1. The van der Waals surface area contributed by atoms with E-state index >= 15 is 0 Å². The van der Waals surface area contributed by atoms with Gasteiger partial charge in [-0.2, -0.15) is 0 Å². The average Bonchev–Trinajstić information content (AvgIpc) is 2.45.